The standard InChI is InChI=1S/C11H5BrCl2N2O3/c12-8-3-6(13)5-15-11(8)19-10-2-1-7(16(17)18)4-9(10)14/h1-5H. The van der Waals surface area contributed by atoms with Crippen molar-refractivity contribution in [2.75, 3.05) is 0 Å². The third kappa shape index (κ3) is 3.34. The lowest BCUT2D eigenvalue weighted by molar-refractivity contribution is -0.384. The van der Waals surface area contributed by atoms with Crippen LogP contribution in [0, 0.1) is 10.1 Å². The molecule has 0 saturated carbocycles. The minimum Gasteiger partial charge on any atom is -0.436 e. The van der Waals surface area contributed by atoms with Gasteiger partial charge in [0.05, 0.1) is 19.4 Å². The minimum absolute atomic E-state index is 0.111. The highest BCUT2D eigenvalue weighted by molar-refractivity contribution is 9.10. The first-order chi connectivity index (χ1) is 8.97. The zero-order chi connectivity index (χ0) is 14.0. The molecule has 0 unspecified atom stereocenters. The predicted molar refractivity (Wildman–Crippen MR) is 75.1 cm³/mol. The SMILES string of the molecule is O=[N+]([O-])c1ccc(Oc2ncc(Cl)cc2Br)c(Cl)c1. The van der Waals surface area contributed by atoms with Crippen LogP contribution >= 0.6 is 39.1 Å². The zero-order valence-corrected chi connectivity index (χ0v) is 12.2. The Kier molecular flexibility index (Phi) is 4.24. The van der Waals surface area contributed by atoms with E-state index < -0.39 is 4.92 Å². The first kappa shape index (κ1) is 14.0. The lowest BCUT2D eigenvalue weighted by Crippen LogP contribution is -1.92. The molecule has 8 heteroatoms. The lowest BCUT2D eigenvalue weighted by Gasteiger charge is -2.08. The molecule has 2 rings (SSSR count). The monoisotopic (exact) mass is 362 g/mol. The first-order valence-electron chi connectivity index (χ1n) is 4.90. The van der Waals surface area contributed by atoms with Crippen LogP contribution < -0.4 is 4.74 Å². The zero-order valence-electron chi connectivity index (χ0n) is 9.14. The van der Waals surface area contributed by atoms with Gasteiger partial charge in [-0.25, -0.2) is 4.98 Å². The molecule has 0 atom stereocenters. The van der Waals surface area contributed by atoms with Gasteiger partial charge >= 0.3 is 0 Å². The summed E-state index contributed by atoms with van der Waals surface area (Å²) in [6, 6.07) is 5.53. The van der Waals surface area contributed by atoms with Gasteiger partial charge in [-0.3, -0.25) is 10.1 Å². The van der Waals surface area contributed by atoms with Gasteiger partial charge in [0, 0.05) is 18.3 Å². The van der Waals surface area contributed by atoms with Gasteiger partial charge in [0.25, 0.3) is 5.69 Å². The van der Waals surface area contributed by atoms with Gasteiger partial charge in [-0.1, -0.05) is 23.2 Å². The maximum atomic E-state index is 10.6. The maximum Gasteiger partial charge on any atom is 0.271 e. The van der Waals surface area contributed by atoms with Crippen molar-refractivity contribution in [1.82, 2.24) is 4.98 Å². The second kappa shape index (κ2) is 5.73. The van der Waals surface area contributed by atoms with Gasteiger partial charge in [-0.05, 0) is 28.1 Å². The molecule has 0 radical (unpaired) electrons. The van der Waals surface area contributed by atoms with Crippen LogP contribution in [-0.2, 0) is 0 Å². The number of hydrogen-bond donors (Lipinski definition) is 0. The molecule has 0 aliphatic heterocycles. The number of benzene rings is 1. The molecule has 5 nitrogen and oxygen atoms in total. The Morgan fingerprint density at radius 2 is 2.05 bits per heavy atom. The van der Waals surface area contributed by atoms with Crippen LogP contribution in [0.25, 0.3) is 0 Å². The highest BCUT2D eigenvalue weighted by Gasteiger charge is 2.12. The number of pyridine rings is 1. The molecule has 0 amide bonds. The number of ether oxygens (including phenoxy) is 1. The molecule has 0 fully saturated rings. The summed E-state index contributed by atoms with van der Waals surface area (Å²) < 4.78 is 6.01. The van der Waals surface area contributed by atoms with Crippen molar-refractivity contribution < 1.29 is 9.66 Å². The fourth-order valence-corrected chi connectivity index (χ4v) is 2.20. The van der Waals surface area contributed by atoms with E-state index in [9.17, 15) is 10.1 Å². The molecule has 0 aliphatic rings. The average Bonchev–Trinajstić information content (AvgIpc) is 2.34. The molecule has 2 aromatic rings. The third-order valence-corrected chi connectivity index (χ3v) is 3.18. The number of aromatic nitrogens is 1. The average molecular weight is 364 g/mol. The summed E-state index contributed by atoms with van der Waals surface area (Å²) in [7, 11) is 0. The Morgan fingerprint density at radius 1 is 1.32 bits per heavy atom. The topological polar surface area (TPSA) is 65.3 Å². The van der Waals surface area contributed by atoms with Crippen molar-refractivity contribution in [2.24, 2.45) is 0 Å². The Bertz CT molecular complexity index is 652. The fraction of sp³-hybridized carbons (Fsp3) is 0. The van der Waals surface area contributed by atoms with E-state index in [-0.39, 0.29) is 22.3 Å². The number of nitro groups is 1. The normalized spacial score (nSPS) is 10.3. The maximum absolute atomic E-state index is 10.6. The number of nitrogens with zero attached hydrogens (tertiary/aromatic N) is 2. The van der Waals surface area contributed by atoms with Crippen LogP contribution in [0.2, 0.25) is 10.0 Å². The van der Waals surface area contributed by atoms with E-state index in [0.29, 0.717) is 9.50 Å². The van der Waals surface area contributed by atoms with E-state index in [1.54, 1.807) is 6.07 Å². The lowest BCUT2D eigenvalue weighted by atomic mass is 10.3. The van der Waals surface area contributed by atoms with Crippen molar-refractivity contribution in [1.29, 1.82) is 0 Å². The number of non-ortho nitro benzene ring substituents is 1. The van der Waals surface area contributed by atoms with Crippen LogP contribution in [0.3, 0.4) is 0 Å². The Labute approximate surface area is 126 Å². The van der Waals surface area contributed by atoms with Crippen LogP contribution in [0.1, 0.15) is 0 Å². The summed E-state index contributed by atoms with van der Waals surface area (Å²) >= 11 is 14.9. The van der Waals surface area contributed by atoms with E-state index in [0.717, 1.165) is 0 Å². The van der Waals surface area contributed by atoms with Crippen molar-refractivity contribution in [2.45, 2.75) is 0 Å². The predicted octanol–water partition coefficient (Wildman–Crippen LogP) is 4.85. The molecule has 0 bridgehead atoms. The molecule has 1 aromatic carbocycles. The number of halogens is 3. The molecule has 19 heavy (non-hydrogen) atoms. The number of rotatable bonds is 3. The van der Waals surface area contributed by atoms with Gasteiger partial charge in [-0.15, -0.1) is 0 Å². The second-order valence-electron chi connectivity index (χ2n) is 3.41. The van der Waals surface area contributed by atoms with Crippen LogP contribution in [0.5, 0.6) is 11.6 Å². The second-order valence-corrected chi connectivity index (χ2v) is 5.11. The van der Waals surface area contributed by atoms with E-state index in [2.05, 4.69) is 20.9 Å². The van der Waals surface area contributed by atoms with Crippen molar-refractivity contribution >= 4 is 44.8 Å². The van der Waals surface area contributed by atoms with Gasteiger partial charge in [0.1, 0.15) is 5.75 Å². The van der Waals surface area contributed by atoms with Crippen LogP contribution in [-0.4, -0.2) is 9.91 Å². The van der Waals surface area contributed by atoms with Crippen molar-refractivity contribution in [3.05, 3.63) is 55.1 Å². The fourth-order valence-electron chi connectivity index (χ4n) is 1.27. The van der Waals surface area contributed by atoms with Gasteiger partial charge in [0.15, 0.2) is 0 Å². The molecule has 0 saturated heterocycles. The molecule has 0 N–H and O–H groups in total. The van der Waals surface area contributed by atoms with Crippen LogP contribution in [0.15, 0.2) is 34.9 Å². The number of nitro benzene ring substituents is 1. The summed E-state index contributed by atoms with van der Waals surface area (Å²) in [5, 5.41) is 11.2. The first-order valence-corrected chi connectivity index (χ1v) is 6.45. The largest absolute Gasteiger partial charge is 0.436 e. The van der Waals surface area contributed by atoms with Crippen molar-refractivity contribution in [3.63, 3.8) is 0 Å². The van der Waals surface area contributed by atoms with E-state index in [1.165, 1.54) is 24.4 Å². The summed E-state index contributed by atoms with van der Waals surface area (Å²) in [6.45, 7) is 0. The summed E-state index contributed by atoms with van der Waals surface area (Å²) in [5.74, 6) is 0.531. The molecule has 1 heterocycles. The highest BCUT2D eigenvalue weighted by Crippen LogP contribution is 2.34. The molecular formula is C11H5BrCl2N2O3. The van der Waals surface area contributed by atoms with Gasteiger partial charge in [-0.2, -0.15) is 0 Å². The Hall–Kier alpha value is -1.37. The molecule has 0 spiro atoms. The van der Waals surface area contributed by atoms with Gasteiger partial charge < -0.3 is 4.74 Å². The summed E-state index contributed by atoms with van der Waals surface area (Å²) in [5.41, 5.74) is -0.111. The summed E-state index contributed by atoms with van der Waals surface area (Å²) in [4.78, 5) is 14.0. The molecule has 0 aliphatic carbocycles. The Balaban J connectivity index is 2.31. The molecule has 1 aromatic heterocycles. The number of hydrogen-bond acceptors (Lipinski definition) is 4. The van der Waals surface area contributed by atoms with E-state index >= 15 is 0 Å². The Morgan fingerprint density at radius 3 is 2.63 bits per heavy atom. The molecular weight excluding hydrogens is 359 g/mol. The smallest absolute Gasteiger partial charge is 0.271 e. The quantitative estimate of drug-likeness (QED) is 0.577. The van der Waals surface area contributed by atoms with E-state index in [1.807, 2.05) is 0 Å². The van der Waals surface area contributed by atoms with Crippen molar-refractivity contribution in [3.8, 4) is 11.6 Å². The molecule has 98 valence electrons. The third-order valence-electron chi connectivity index (χ3n) is 2.11. The highest BCUT2D eigenvalue weighted by atomic mass is 79.9. The van der Waals surface area contributed by atoms with Gasteiger partial charge in [0.2, 0.25) is 5.88 Å². The summed E-state index contributed by atoms with van der Waals surface area (Å²) in [6.07, 6.45) is 1.42. The minimum atomic E-state index is -0.536. The van der Waals surface area contributed by atoms with Crippen LogP contribution in [0.4, 0.5) is 5.69 Å². The van der Waals surface area contributed by atoms with E-state index in [4.69, 9.17) is 27.9 Å².